The molecule has 1 rings (SSSR count). The van der Waals surface area contributed by atoms with Crippen LogP contribution in [-0.2, 0) is 9.59 Å². The van der Waals surface area contributed by atoms with Gasteiger partial charge < -0.3 is 10.2 Å². The van der Waals surface area contributed by atoms with Gasteiger partial charge in [-0.05, 0) is 5.92 Å². The van der Waals surface area contributed by atoms with Gasteiger partial charge >= 0.3 is 0 Å². The lowest BCUT2D eigenvalue weighted by atomic mass is 10.0. The van der Waals surface area contributed by atoms with Crippen LogP contribution < -0.4 is 5.32 Å². The van der Waals surface area contributed by atoms with E-state index in [0.29, 0.717) is 5.92 Å². The summed E-state index contributed by atoms with van der Waals surface area (Å²) in [6.45, 7) is 3.69. The zero-order valence-corrected chi connectivity index (χ0v) is 7.46. The fourth-order valence-corrected chi connectivity index (χ4v) is 1.24. The molecule has 68 valence electrons. The van der Waals surface area contributed by atoms with Crippen LogP contribution >= 0.6 is 0 Å². The van der Waals surface area contributed by atoms with E-state index in [1.165, 1.54) is 7.05 Å². The smallest absolute Gasteiger partial charge is 0.232 e. The Morgan fingerprint density at radius 3 is 2.50 bits per heavy atom. The normalized spacial score (nSPS) is 17.0. The van der Waals surface area contributed by atoms with Crippen LogP contribution in [0.1, 0.15) is 13.3 Å². The lowest BCUT2D eigenvalue weighted by molar-refractivity contribution is -0.140. The second kappa shape index (κ2) is 3.56. The van der Waals surface area contributed by atoms with Crippen LogP contribution in [-0.4, -0.2) is 36.9 Å². The van der Waals surface area contributed by atoms with Gasteiger partial charge in [-0.1, -0.05) is 6.92 Å². The summed E-state index contributed by atoms with van der Waals surface area (Å²) in [6.07, 6.45) is -0.0107. The van der Waals surface area contributed by atoms with Crippen LogP contribution in [0.5, 0.6) is 0 Å². The molecule has 4 heteroatoms. The maximum atomic E-state index is 11.2. The van der Waals surface area contributed by atoms with Gasteiger partial charge in [0.1, 0.15) is 6.42 Å². The third-order valence-corrected chi connectivity index (χ3v) is 2.01. The van der Waals surface area contributed by atoms with E-state index >= 15 is 0 Å². The standard InChI is InChI=1S/C8H14N2O2/c1-6-4-10(5-6)8(12)3-7(11)9-2/h6H,3-5H2,1-2H3,(H,9,11). The highest BCUT2D eigenvalue weighted by Crippen LogP contribution is 2.14. The van der Waals surface area contributed by atoms with Crippen LogP contribution in [0.3, 0.4) is 0 Å². The largest absolute Gasteiger partial charge is 0.359 e. The van der Waals surface area contributed by atoms with Crippen molar-refractivity contribution in [2.24, 2.45) is 5.92 Å². The van der Waals surface area contributed by atoms with Gasteiger partial charge in [0.2, 0.25) is 11.8 Å². The first-order valence-corrected chi connectivity index (χ1v) is 4.12. The van der Waals surface area contributed by atoms with Crippen molar-refractivity contribution in [3.8, 4) is 0 Å². The molecule has 0 unspecified atom stereocenters. The molecule has 0 aromatic rings. The predicted octanol–water partition coefficient (Wildman–Crippen LogP) is -0.399. The number of amides is 2. The molecule has 1 aliphatic heterocycles. The van der Waals surface area contributed by atoms with Crippen molar-refractivity contribution >= 4 is 11.8 Å². The molecule has 0 spiro atoms. The first-order valence-electron chi connectivity index (χ1n) is 4.12. The summed E-state index contributed by atoms with van der Waals surface area (Å²) in [5, 5.41) is 2.42. The molecular formula is C8H14N2O2. The highest BCUT2D eigenvalue weighted by molar-refractivity contribution is 5.97. The van der Waals surface area contributed by atoms with Crippen LogP contribution in [0, 0.1) is 5.92 Å². The van der Waals surface area contributed by atoms with E-state index in [4.69, 9.17) is 0 Å². The monoisotopic (exact) mass is 170 g/mol. The van der Waals surface area contributed by atoms with Gasteiger partial charge in [-0.3, -0.25) is 9.59 Å². The zero-order chi connectivity index (χ0) is 9.14. The van der Waals surface area contributed by atoms with Crippen LogP contribution in [0.2, 0.25) is 0 Å². The fraction of sp³-hybridized carbons (Fsp3) is 0.750. The van der Waals surface area contributed by atoms with Crippen molar-refractivity contribution in [3.63, 3.8) is 0 Å². The zero-order valence-electron chi connectivity index (χ0n) is 7.46. The quantitative estimate of drug-likeness (QED) is 0.573. The van der Waals surface area contributed by atoms with Gasteiger partial charge in [-0.25, -0.2) is 0 Å². The van der Waals surface area contributed by atoms with Gasteiger partial charge in [0.15, 0.2) is 0 Å². The molecule has 0 saturated carbocycles. The van der Waals surface area contributed by atoms with Gasteiger partial charge in [-0.15, -0.1) is 0 Å². The highest BCUT2D eigenvalue weighted by Gasteiger charge is 2.27. The number of rotatable bonds is 2. The first-order chi connectivity index (χ1) is 5.63. The molecule has 0 aromatic heterocycles. The minimum atomic E-state index is -0.209. The Morgan fingerprint density at radius 2 is 2.08 bits per heavy atom. The molecular weight excluding hydrogens is 156 g/mol. The molecule has 1 fully saturated rings. The Kier molecular flexibility index (Phi) is 2.68. The first kappa shape index (κ1) is 9.03. The second-order valence-corrected chi connectivity index (χ2v) is 3.25. The fourth-order valence-electron chi connectivity index (χ4n) is 1.24. The van der Waals surface area contributed by atoms with Gasteiger partial charge in [0, 0.05) is 20.1 Å². The van der Waals surface area contributed by atoms with Crippen LogP contribution in [0.25, 0.3) is 0 Å². The molecule has 0 radical (unpaired) electrons. The molecule has 0 aromatic carbocycles. The van der Waals surface area contributed by atoms with E-state index in [1.54, 1.807) is 4.90 Å². The van der Waals surface area contributed by atoms with E-state index in [1.807, 2.05) is 0 Å². The highest BCUT2D eigenvalue weighted by atomic mass is 16.2. The number of nitrogens with zero attached hydrogens (tertiary/aromatic N) is 1. The van der Waals surface area contributed by atoms with Gasteiger partial charge in [0.05, 0.1) is 0 Å². The summed E-state index contributed by atoms with van der Waals surface area (Å²) in [5.74, 6) is 0.325. The van der Waals surface area contributed by atoms with Gasteiger partial charge in [-0.2, -0.15) is 0 Å². The van der Waals surface area contributed by atoms with E-state index in [9.17, 15) is 9.59 Å². The molecule has 1 saturated heterocycles. The number of hydrogen-bond acceptors (Lipinski definition) is 2. The van der Waals surface area contributed by atoms with E-state index in [-0.39, 0.29) is 18.2 Å². The van der Waals surface area contributed by atoms with Crippen molar-refractivity contribution in [2.75, 3.05) is 20.1 Å². The Labute approximate surface area is 71.9 Å². The molecule has 1 N–H and O–H groups in total. The summed E-state index contributed by atoms with van der Waals surface area (Å²) < 4.78 is 0. The molecule has 0 atom stereocenters. The molecule has 4 nitrogen and oxygen atoms in total. The van der Waals surface area contributed by atoms with E-state index in [0.717, 1.165) is 13.1 Å². The minimum absolute atomic E-state index is 0.0107. The van der Waals surface area contributed by atoms with Crippen molar-refractivity contribution in [3.05, 3.63) is 0 Å². The van der Waals surface area contributed by atoms with E-state index in [2.05, 4.69) is 12.2 Å². The Balaban J connectivity index is 2.25. The average Bonchev–Trinajstić information content (AvgIpc) is 1.98. The SMILES string of the molecule is CNC(=O)CC(=O)N1CC(C)C1. The number of nitrogens with one attached hydrogen (secondary N) is 1. The maximum absolute atomic E-state index is 11.2. The summed E-state index contributed by atoms with van der Waals surface area (Å²) in [4.78, 5) is 23.7. The summed E-state index contributed by atoms with van der Waals surface area (Å²) in [5.41, 5.74) is 0. The number of likely N-dealkylation sites (tertiary alicyclic amines) is 1. The number of carbonyl (C=O) groups is 2. The molecule has 0 aliphatic carbocycles. The van der Waals surface area contributed by atoms with Gasteiger partial charge in [0.25, 0.3) is 0 Å². The third kappa shape index (κ3) is 1.96. The summed E-state index contributed by atoms with van der Waals surface area (Å²) >= 11 is 0. The Bertz CT molecular complexity index is 197. The topological polar surface area (TPSA) is 49.4 Å². The molecule has 1 aliphatic rings. The Morgan fingerprint density at radius 1 is 1.50 bits per heavy atom. The number of carbonyl (C=O) groups excluding carboxylic acids is 2. The number of hydrogen-bond donors (Lipinski definition) is 1. The lowest BCUT2D eigenvalue weighted by Crippen LogP contribution is -2.49. The molecule has 12 heavy (non-hydrogen) atoms. The summed E-state index contributed by atoms with van der Waals surface area (Å²) in [6, 6.07) is 0. The second-order valence-electron chi connectivity index (χ2n) is 3.25. The minimum Gasteiger partial charge on any atom is -0.359 e. The summed E-state index contributed by atoms with van der Waals surface area (Å²) in [7, 11) is 1.54. The predicted molar refractivity (Wildman–Crippen MR) is 44.4 cm³/mol. The van der Waals surface area contributed by atoms with Crippen molar-refractivity contribution in [2.45, 2.75) is 13.3 Å². The maximum Gasteiger partial charge on any atom is 0.232 e. The van der Waals surface area contributed by atoms with Crippen LogP contribution in [0.4, 0.5) is 0 Å². The van der Waals surface area contributed by atoms with Crippen molar-refractivity contribution in [1.82, 2.24) is 10.2 Å². The van der Waals surface area contributed by atoms with Crippen molar-refractivity contribution < 1.29 is 9.59 Å². The Hall–Kier alpha value is -1.06. The van der Waals surface area contributed by atoms with E-state index < -0.39 is 0 Å². The average molecular weight is 170 g/mol. The molecule has 1 heterocycles. The lowest BCUT2D eigenvalue weighted by Gasteiger charge is -2.37. The molecule has 0 bridgehead atoms. The van der Waals surface area contributed by atoms with Crippen molar-refractivity contribution in [1.29, 1.82) is 0 Å². The third-order valence-electron chi connectivity index (χ3n) is 2.01. The molecule has 2 amide bonds. The van der Waals surface area contributed by atoms with Crippen LogP contribution in [0.15, 0.2) is 0 Å².